The fraction of sp³-hybridized carbons (Fsp3) is 0.250. The predicted molar refractivity (Wildman–Crippen MR) is 140 cm³/mol. The van der Waals surface area contributed by atoms with Gasteiger partial charge in [-0.05, 0) is 81.8 Å². The lowest BCUT2D eigenvalue weighted by Crippen LogP contribution is -2.40. The van der Waals surface area contributed by atoms with Crippen LogP contribution in [0.25, 0.3) is 0 Å². The molecule has 0 fully saturated rings. The van der Waals surface area contributed by atoms with E-state index in [1.165, 1.54) is 0 Å². The van der Waals surface area contributed by atoms with Crippen LogP contribution in [0.4, 0.5) is 11.4 Å². The Balaban J connectivity index is 1.47. The molecule has 7 heteroatoms. The normalized spacial score (nSPS) is 11.8. The largest absolute Gasteiger partial charge is 0.376 e. The average Bonchev–Trinajstić information content (AvgIpc) is 2.83. The minimum atomic E-state index is -0.321. The summed E-state index contributed by atoms with van der Waals surface area (Å²) in [5.74, 6) is -0.552. The van der Waals surface area contributed by atoms with Crippen molar-refractivity contribution in [2.45, 2.75) is 39.3 Å². The smallest absolute Gasteiger partial charge is 0.251 e. The molecule has 3 rings (SSSR count). The molecule has 3 aromatic rings. The fourth-order valence-corrected chi connectivity index (χ4v) is 3.35. The summed E-state index contributed by atoms with van der Waals surface area (Å²) in [7, 11) is 0. The standard InChI is InChI=1S/C28H32N4O3/c1-19(20-8-6-5-7-9-20)30-26(34)21-10-14-23(15-11-21)29-18-25(33)31-24-16-12-22(13-17-24)27(35)32-28(2,3)4/h5-17,19,29H,18H2,1-4H3,(H,30,34)(H,31,33)(H,32,35). The molecule has 0 spiro atoms. The van der Waals surface area contributed by atoms with E-state index in [0.717, 1.165) is 11.3 Å². The van der Waals surface area contributed by atoms with Crippen LogP contribution in [0.1, 0.15) is 60.0 Å². The molecule has 3 aromatic carbocycles. The maximum absolute atomic E-state index is 12.5. The first kappa shape index (κ1) is 25.5. The molecule has 0 radical (unpaired) electrons. The fourth-order valence-electron chi connectivity index (χ4n) is 3.35. The molecule has 0 saturated carbocycles. The molecule has 7 nitrogen and oxygen atoms in total. The van der Waals surface area contributed by atoms with E-state index in [2.05, 4.69) is 21.3 Å². The highest BCUT2D eigenvalue weighted by atomic mass is 16.2. The Morgan fingerprint density at radius 1 is 0.743 bits per heavy atom. The van der Waals surface area contributed by atoms with E-state index >= 15 is 0 Å². The van der Waals surface area contributed by atoms with Crippen molar-refractivity contribution in [3.8, 4) is 0 Å². The van der Waals surface area contributed by atoms with Crippen molar-refractivity contribution in [2.24, 2.45) is 0 Å². The van der Waals surface area contributed by atoms with Crippen molar-refractivity contribution < 1.29 is 14.4 Å². The number of amides is 3. The lowest BCUT2D eigenvalue weighted by Gasteiger charge is -2.20. The summed E-state index contributed by atoms with van der Waals surface area (Å²) < 4.78 is 0. The zero-order valence-electron chi connectivity index (χ0n) is 20.5. The highest BCUT2D eigenvalue weighted by Gasteiger charge is 2.15. The van der Waals surface area contributed by atoms with Crippen LogP contribution in [-0.2, 0) is 4.79 Å². The van der Waals surface area contributed by atoms with Gasteiger partial charge in [0.05, 0.1) is 12.6 Å². The van der Waals surface area contributed by atoms with Crippen LogP contribution in [0.15, 0.2) is 78.9 Å². The number of anilines is 2. The third kappa shape index (κ3) is 7.99. The zero-order chi connectivity index (χ0) is 25.4. The maximum atomic E-state index is 12.5. The Kier molecular flexibility index (Phi) is 8.25. The molecule has 0 aliphatic rings. The van der Waals surface area contributed by atoms with Crippen molar-refractivity contribution in [3.05, 3.63) is 95.6 Å². The van der Waals surface area contributed by atoms with Gasteiger partial charge in [-0.25, -0.2) is 0 Å². The highest BCUT2D eigenvalue weighted by molar-refractivity contribution is 5.97. The van der Waals surface area contributed by atoms with Gasteiger partial charge in [-0.2, -0.15) is 0 Å². The summed E-state index contributed by atoms with van der Waals surface area (Å²) in [6.07, 6.45) is 0. The summed E-state index contributed by atoms with van der Waals surface area (Å²) in [6, 6.07) is 23.4. The SMILES string of the molecule is CC(NC(=O)c1ccc(NCC(=O)Nc2ccc(C(=O)NC(C)(C)C)cc2)cc1)c1ccccc1. The first-order valence-corrected chi connectivity index (χ1v) is 11.5. The molecular weight excluding hydrogens is 440 g/mol. The van der Waals surface area contributed by atoms with Gasteiger partial charge < -0.3 is 21.3 Å². The molecular formula is C28H32N4O3. The average molecular weight is 473 g/mol. The van der Waals surface area contributed by atoms with Crippen LogP contribution in [0.5, 0.6) is 0 Å². The van der Waals surface area contributed by atoms with Crippen LogP contribution >= 0.6 is 0 Å². The minimum Gasteiger partial charge on any atom is -0.376 e. The van der Waals surface area contributed by atoms with Crippen molar-refractivity contribution >= 4 is 29.1 Å². The second-order valence-electron chi connectivity index (χ2n) is 9.37. The van der Waals surface area contributed by atoms with Crippen LogP contribution in [0.2, 0.25) is 0 Å². The molecule has 1 unspecified atom stereocenters. The zero-order valence-corrected chi connectivity index (χ0v) is 20.5. The van der Waals surface area contributed by atoms with Crippen molar-refractivity contribution in [2.75, 3.05) is 17.2 Å². The van der Waals surface area contributed by atoms with Gasteiger partial charge in [-0.1, -0.05) is 30.3 Å². The van der Waals surface area contributed by atoms with Gasteiger partial charge in [0.15, 0.2) is 0 Å². The highest BCUT2D eigenvalue weighted by Crippen LogP contribution is 2.15. The van der Waals surface area contributed by atoms with Gasteiger partial charge in [0, 0.05) is 28.0 Å². The number of carbonyl (C=O) groups is 3. The molecule has 0 aliphatic heterocycles. The third-order valence-corrected chi connectivity index (χ3v) is 5.17. The van der Waals surface area contributed by atoms with E-state index in [4.69, 9.17) is 0 Å². The summed E-state index contributed by atoms with van der Waals surface area (Å²) in [6.45, 7) is 7.75. The van der Waals surface area contributed by atoms with Crippen LogP contribution in [0, 0.1) is 0 Å². The molecule has 3 amide bonds. The van der Waals surface area contributed by atoms with Crippen LogP contribution in [0.3, 0.4) is 0 Å². The van der Waals surface area contributed by atoms with E-state index in [0.29, 0.717) is 16.8 Å². The van der Waals surface area contributed by atoms with Gasteiger partial charge in [0.2, 0.25) is 5.91 Å². The first-order valence-electron chi connectivity index (χ1n) is 11.5. The lowest BCUT2D eigenvalue weighted by molar-refractivity contribution is -0.114. The topological polar surface area (TPSA) is 99.3 Å². The molecule has 0 bridgehead atoms. The van der Waals surface area contributed by atoms with E-state index in [1.807, 2.05) is 58.0 Å². The van der Waals surface area contributed by atoms with Gasteiger partial charge in [0.25, 0.3) is 11.8 Å². The van der Waals surface area contributed by atoms with Gasteiger partial charge >= 0.3 is 0 Å². The Labute approximate surface area is 206 Å². The van der Waals surface area contributed by atoms with Gasteiger partial charge in [-0.15, -0.1) is 0 Å². The molecule has 0 aliphatic carbocycles. The number of hydrogen-bond acceptors (Lipinski definition) is 4. The second-order valence-corrected chi connectivity index (χ2v) is 9.37. The van der Waals surface area contributed by atoms with Crippen molar-refractivity contribution in [3.63, 3.8) is 0 Å². The summed E-state index contributed by atoms with van der Waals surface area (Å²) in [5, 5.41) is 11.7. The molecule has 0 heterocycles. The second kappa shape index (κ2) is 11.3. The van der Waals surface area contributed by atoms with E-state index in [9.17, 15) is 14.4 Å². The molecule has 182 valence electrons. The Bertz CT molecular complexity index is 1150. The molecule has 1 atom stereocenters. The summed E-state index contributed by atoms with van der Waals surface area (Å²) in [4.78, 5) is 37.0. The molecule has 35 heavy (non-hydrogen) atoms. The maximum Gasteiger partial charge on any atom is 0.251 e. The predicted octanol–water partition coefficient (Wildman–Crippen LogP) is 4.76. The number of benzene rings is 3. The van der Waals surface area contributed by atoms with Crippen LogP contribution in [-0.4, -0.2) is 29.8 Å². The monoisotopic (exact) mass is 472 g/mol. The number of carbonyl (C=O) groups excluding carboxylic acids is 3. The van der Waals surface area contributed by atoms with E-state index in [1.54, 1.807) is 48.5 Å². The number of rotatable bonds is 8. The Morgan fingerprint density at radius 3 is 1.86 bits per heavy atom. The molecule has 0 saturated heterocycles. The molecule has 0 aromatic heterocycles. The minimum absolute atomic E-state index is 0.0584. The number of nitrogens with one attached hydrogen (secondary N) is 4. The Morgan fingerprint density at radius 2 is 1.29 bits per heavy atom. The van der Waals surface area contributed by atoms with E-state index in [-0.39, 0.29) is 35.8 Å². The van der Waals surface area contributed by atoms with Crippen LogP contribution < -0.4 is 21.3 Å². The third-order valence-electron chi connectivity index (χ3n) is 5.17. The first-order chi connectivity index (χ1) is 16.6. The van der Waals surface area contributed by atoms with Gasteiger partial charge in [0.1, 0.15) is 0 Å². The van der Waals surface area contributed by atoms with Gasteiger partial charge in [-0.3, -0.25) is 14.4 Å². The van der Waals surface area contributed by atoms with Crippen molar-refractivity contribution in [1.29, 1.82) is 0 Å². The quantitative estimate of drug-likeness (QED) is 0.380. The number of hydrogen-bond donors (Lipinski definition) is 4. The lowest BCUT2D eigenvalue weighted by atomic mass is 10.1. The van der Waals surface area contributed by atoms with E-state index < -0.39 is 0 Å². The summed E-state index contributed by atoms with van der Waals surface area (Å²) in [5.41, 5.74) is 3.11. The molecule has 4 N–H and O–H groups in total. The van der Waals surface area contributed by atoms with Crippen molar-refractivity contribution in [1.82, 2.24) is 10.6 Å². The Hall–Kier alpha value is -4.13. The summed E-state index contributed by atoms with van der Waals surface area (Å²) >= 11 is 0.